The maximum atomic E-state index is 5.89. The zero-order chi connectivity index (χ0) is 19.1. The van der Waals surface area contributed by atoms with Crippen LogP contribution in [0.3, 0.4) is 0 Å². The zero-order valence-corrected chi connectivity index (χ0v) is 16.6. The Morgan fingerprint density at radius 3 is 1.92 bits per heavy atom. The SMILES string of the molecule is CCc1nc(Cl)nc(NC(C)COCC(C)Nc2nc(C)nc(Cl)n2)n1. The van der Waals surface area contributed by atoms with Gasteiger partial charge in [-0.1, -0.05) is 6.92 Å². The van der Waals surface area contributed by atoms with Crippen LogP contribution in [-0.4, -0.2) is 55.2 Å². The Morgan fingerprint density at radius 2 is 1.38 bits per heavy atom. The highest BCUT2D eigenvalue weighted by molar-refractivity contribution is 6.28. The minimum Gasteiger partial charge on any atom is -0.377 e. The number of nitrogens with one attached hydrogen (secondary N) is 2. The Balaban J connectivity index is 1.77. The molecular formula is C15H22Cl2N8O. The standard InChI is InChI=1S/C15H22Cl2N8O/c1-5-11-22-13(17)25-15(23-11)19-9(3)7-26-6-8(2)18-14-21-10(4)20-12(16)24-14/h8-9H,5-7H2,1-4H3,(H,18,20,21,24)(H,19,22,23,25). The first-order chi connectivity index (χ1) is 12.4. The van der Waals surface area contributed by atoms with Gasteiger partial charge >= 0.3 is 0 Å². The Bertz CT molecular complexity index is 713. The molecule has 2 rings (SSSR count). The Labute approximate surface area is 162 Å². The Morgan fingerprint density at radius 1 is 0.846 bits per heavy atom. The van der Waals surface area contributed by atoms with Gasteiger partial charge in [0, 0.05) is 18.5 Å². The molecule has 0 saturated carbocycles. The second-order valence-corrected chi connectivity index (χ2v) is 6.48. The van der Waals surface area contributed by atoms with E-state index in [-0.39, 0.29) is 22.7 Å². The lowest BCUT2D eigenvalue weighted by molar-refractivity contribution is 0.122. The number of aromatic nitrogens is 6. The zero-order valence-electron chi connectivity index (χ0n) is 15.1. The van der Waals surface area contributed by atoms with E-state index in [1.54, 1.807) is 6.92 Å². The van der Waals surface area contributed by atoms with Crippen molar-refractivity contribution in [3.8, 4) is 0 Å². The minimum atomic E-state index is -0.00150. The van der Waals surface area contributed by atoms with Crippen LogP contribution in [0.5, 0.6) is 0 Å². The van der Waals surface area contributed by atoms with Gasteiger partial charge in [0.15, 0.2) is 0 Å². The molecule has 2 atom stereocenters. The topological polar surface area (TPSA) is 111 Å². The summed E-state index contributed by atoms with van der Waals surface area (Å²) in [6, 6.07) is -0.00221. The maximum Gasteiger partial charge on any atom is 0.227 e. The van der Waals surface area contributed by atoms with Crippen LogP contribution in [-0.2, 0) is 11.2 Å². The molecule has 0 bridgehead atoms. The average Bonchev–Trinajstić information content (AvgIpc) is 2.53. The van der Waals surface area contributed by atoms with E-state index in [0.717, 1.165) is 0 Å². The van der Waals surface area contributed by atoms with Crippen molar-refractivity contribution in [1.82, 2.24) is 29.9 Å². The van der Waals surface area contributed by atoms with Crippen molar-refractivity contribution in [2.24, 2.45) is 0 Å². The molecule has 0 aromatic carbocycles. The van der Waals surface area contributed by atoms with E-state index in [4.69, 9.17) is 27.9 Å². The van der Waals surface area contributed by atoms with Gasteiger partial charge in [0.2, 0.25) is 22.5 Å². The van der Waals surface area contributed by atoms with Crippen molar-refractivity contribution in [3.63, 3.8) is 0 Å². The molecular weight excluding hydrogens is 379 g/mol. The van der Waals surface area contributed by atoms with E-state index in [0.29, 0.717) is 43.2 Å². The van der Waals surface area contributed by atoms with Gasteiger partial charge in [0.1, 0.15) is 11.6 Å². The van der Waals surface area contributed by atoms with Crippen molar-refractivity contribution >= 4 is 35.1 Å². The predicted octanol–water partition coefficient (Wildman–Crippen LogP) is 2.55. The van der Waals surface area contributed by atoms with Crippen molar-refractivity contribution in [3.05, 3.63) is 22.2 Å². The first-order valence-electron chi connectivity index (χ1n) is 8.25. The van der Waals surface area contributed by atoms with Crippen LogP contribution in [0, 0.1) is 6.92 Å². The van der Waals surface area contributed by atoms with E-state index in [9.17, 15) is 0 Å². The van der Waals surface area contributed by atoms with Gasteiger partial charge in [-0.05, 0) is 44.0 Å². The maximum absolute atomic E-state index is 5.89. The van der Waals surface area contributed by atoms with Crippen LogP contribution >= 0.6 is 23.2 Å². The Hall–Kier alpha value is -1.84. The van der Waals surface area contributed by atoms with Crippen molar-refractivity contribution < 1.29 is 4.74 Å². The molecule has 0 aliphatic rings. The lowest BCUT2D eigenvalue weighted by Gasteiger charge is -2.18. The summed E-state index contributed by atoms with van der Waals surface area (Å²) in [5.74, 6) is 2.07. The lowest BCUT2D eigenvalue weighted by Crippen LogP contribution is -2.28. The number of ether oxygens (including phenoxy) is 1. The molecule has 2 N–H and O–H groups in total. The summed E-state index contributed by atoms with van der Waals surface area (Å²) in [7, 11) is 0. The summed E-state index contributed by atoms with van der Waals surface area (Å²) in [6.45, 7) is 8.57. The Kier molecular flexibility index (Phi) is 7.67. The average molecular weight is 401 g/mol. The fourth-order valence-electron chi connectivity index (χ4n) is 2.07. The molecule has 26 heavy (non-hydrogen) atoms. The molecule has 0 aliphatic heterocycles. The van der Waals surface area contributed by atoms with Gasteiger partial charge in [-0.3, -0.25) is 0 Å². The molecule has 0 spiro atoms. The highest BCUT2D eigenvalue weighted by atomic mass is 35.5. The normalized spacial score (nSPS) is 13.3. The van der Waals surface area contributed by atoms with Gasteiger partial charge in [-0.25, -0.2) is 9.97 Å². The van der Waals surface area contributed by atoms with E-state index >= 15 is 0 Å². The first-order valence-corrected chi connectivity index (χ1v) is 9.00. The monoisotopic (exact) mass is 400 g/mol. The van der Waals surface area contributed by atoms with Crippen LogP contribution in [0.25, 0.3) is 0 Å². The van der Waals surface area contributed by atoms with Gasteiger partial charge in [0.25, 0.3) is 0 Å². The summed E-state index contributed by atoms with van der Waals surface area (Å²) in [4.78, 5) is 24.5. The quantitative estimate of drug-likeness (QED) is 0.655. The fraction of sp³-hybridized carbons (Fsp3) is 0.600. The van der Waals surface area contributed by atoms with Crippen molar-refractivity contribution in [2.75, 3.05) is 23.8 Å². The summed E-state index contributed by atoms with van der Waals surface area (Å²) in [6.07, 6.45) is 0.686. The summed E-state index contributed by atoms with van der Waals surface area (Å²) >= 11 is 11.7. The molecule has 0 radical (unpaired) electrons. The van der Waals surface area contributed by atoms with Crippen LogP contribution in [0.15, 0.2) is 0 Å². The molecule has 0 saturated heterocycles. The summed E-state index contributed by atoms with van der Waals surface area (Å²) in [5.41, 5.74) is 0. The number of hydrogen-bond donors (Lipinski definition) is 2. The van der Waals surface area contributed by atoms with Crippen molar-refractivity contribution in [1.29, 1.82) is 0 Å². The molecule has 0 fully saturated rings. The number of halogens is 2. The number of nitrogens with zero attached hydrogens (tertiary/aromatic N) is 6. The van der Waals surface area contributed by atoms with Crippen LogP contribution < -0.4 is 10.6 Å². The molecule has 142 valence electrons. The predicted molar refractivity (Wildman–Crippen MR) is 101 cm³/mol. The van der Waals surface area contributed by atoms with Crippen LogP contribution in [0.1, 0.15) is 32.4 Å². The fourth-order valence-corrected chi connectivity index (χ4v) is 2.45. The van der Waals surface area contributed by atoms with E-state index in [1.165, 1.54) is 0 Å². The molecule has 2 unspecified atom stereocenters. The third kappa shape index (κ3) is 6.81. The van der Waals surface area contributed by atoms with E-state index in [1.807, 2.05) is 20.8 Å². The molecule has 0 aliphatic carbocycles. The third-order valence-corrected chi connectivity index (χ3v) is 3.52. The molecule has 0 amide bonds. The number of rotatable bonds is 9. The lowest BCUT2D eigenvalue weighted by atomic mass is 10.3. The van der Waals surface area contributed by atoms with Crippen LogP contribution in [0.2, 0.25) is 10.6 Å². The third-order valence-electron chi connectivity index (χ3n) is 3.18. The summed E-state index contributed by atoms with van der Waals surface area (Å²) in [5, 5.41) is 6.62. The number of anilines is 2. The van der Waals surface area contributed by atoms with Gasteiger partial charge in [-0.2, -0.15) is 19.9 Å². The van der Waals surface area contributed by atoms with Gasteiger partial charge < -0.3 is 15.4 Å². The largest absolute Gasteiger partial charge is 0.377 e. The molecule has 2 aromatic heterocycles. The second kappa shape index (κ2) is 9.75. The van der Waals surface area contributed by atoms with E-state index < -0.39 is 0 Å². The van der Waals surface area contributed by atoms with Crippen molar-refractivity contribution in [2.45, 2.75) is 46.2 Å². The highest BCUT2D eigenvalue weighted by Gasteiger charge is 2.10. The summed E-state index contributed by atoms with van der Waals surface area (Å²) < 4.78 is 5.72. The molecule has 2 aromatic rings. The van der Waals surface area contributed by atoms with E-state index in [2.05, 4.69) is 40.5 Å². The molecule has 2 heterocycles. The number of hydrogen-bond acceptors (Lipinski definition) is 9. The number of aryl methyl sites for hydroxylation is 2. The molecule has 11 heteroatoms. The minimum absolute atomic E-state index is 0.000707. The van der Waals surface area contributed by atoms with Gasteiger partial charge in [0.05, 0.1) is 13.2 Å². The highest BCUT2D eigenvalue weighted by Crippen LogP contribution is 2.09. The second-order valence-electron chi connectivity index (χ2n) is 5.80. The van der Waals surface area contributed by atoms with Crippen LogP contribution in [0.4, 0.5) is 11.9 Å². The smallest absolute Gasteiger partial charge is 0.227 e. The first kappa shape index (κ1) is 20.5. The van der Waals surface area contributed by atoms with Gasteiger partial charge in [-0.15, -0.1) is 0 Å². The molecule has 9 nitrogen and oxygen atoms in total.